The zero-order valence-electron chi connectivity index (χ0n) is 8.65. The van der Waals surface area contributed by atoms with E-state index in [1.807, 2.05) is 0 Å². The van der Waals surface area contributed by atoms with Crippen molar-refractivity contribution in [2.75, 3.05) is 0 Å². The van der Waals surface area contributed by atoms with E-state index in [-0.39, 0.29) is 7.43 Å². The van der Waals surface area contributed by atoms with Gasteiger partial charge in [0.05, 0.1) is 0 Å². The molecule has 0 spiro atoms. The Morgan fingerprint density at radius 3 is 1.67 bits per heavy atom. The van der Waals surface area contributed by atoms with E-state index in [4.69, 9.17) is 0 Å². The molecule has 3 unspecified atom stereocenters. The number of rotatable bonds is 0. The second kappa shape index (κ2) is 3.81. The average Bonchev–Trinajstić information content (AvgIpc) is 2.11. The van der Waals surface area contributed by atoms with E-state index in [0.717, 1.165) is 17.8 Å². The monoisotopic (exact) mass is 170 g/mol. The number of hydrogen-bond donors (Lipinski definition) is 0. The summed E-state index contributed by atoms with van der Waals surface area (Å²) in [6, 6.07) is 0. The minimum atomic E-state index is 0. The predicted molar refractivity (Wildman–Crippen MR) is 57.2 cm³/mol. The van der Waals surface area contributed by atoms with Gasteiger partial charge in [-0.2, -0.15) is 0 Å². The minimum Gasteiger partial charge on any atom is -0.0776 e. The molecule has 0 bridgehead atoms. The molecule has 3 atom stereocenters. The maximum absolute atomic E-state index is 2.42. The van der Waals surface area contributed by atoms with Gasteiger partial charge in [-0.15, -0.1) is 0 Å². The highest BCUT2D eigenvalue weighted by molar-refractivity contribution is 4.86. The Balaban J connectivity index is 0.00000121. The van der Waals surface area contributed by atoms with Gasteiger partial charge in [-0.25, -0.2) is 0 Å². The van der Waals surface area contributed by atoms with Crippen LogP contribution in [0.4, 0.5) is 0 Å². The molecule has 1 aliphatic carbocycles. The van der Waals surface area contributed by atoms with E-state index in [2.05, 4.69) is 34.6 Å². The fourth-order valence-electron chi connectivity index (χ4n) is 2.59. The quantitative estimate of drug-likeness (QED) is 0.507. The highest BCUT2D eigenvalue weighted by Gasteiger charge is 2.36. The summed E-state index contributed by atoms with van der Waals surface area (Å²) in [5.41, 5.74) is 0.532. The third kappa shape index (κ3) is 2.24. The Morgan fingerprint density at radius 2 is 1.50 bits per heavy atom. The second-order valence-electron chi connectivity index (χ2n) is 5.39. The third-order valence-corrected chi connectivity index (χ3v) is 3.58. The van der Waals surface area contributed by atoms with Crippen LogP contribution in [0, 0.1) is 23.2 Å². The zero-order valence-corrected chi connectivity index (χ0v) is 8.65. The fraction of sp³-hybridized carbons (Fsp3) is 1.00. The summed E-state index contributed by atoms with van der Waals surface area (Å²) in [5.74, 6) is 2.85. The van der Waals surface area contributed by atoms with Gasteiger partial charge in [-0.1, -0.05) is 48.5 Å². The van der Waals surface area contributed by atoms with Crippen molar-refractivity contribution in [2.24, 2.45) is 23.2 Å². The van der Waals surface area contributed by atoms with E-state index in [0.29, 0.717) is 5.41 Å². The molecule has 0 N–H and O–H groups in total. The van der Waals surface area contributed by atoms with Crippen molar-refractivity contribution in [3.05, 3.63) is 0 Å². The van der Waals surface area contributed by atoms with Crippen molar-refractivity contribution in [1.82, 2.24) is 0 Å². The Hall–Kier alpha value is 0. The van der Waals surface area contributed by atoms with Gasteiger partial charge >= 0.3 is 0 Å². The van der Waals surface area contributed by atoms with Gasteiger partial charge in [0.1, 0.15) is 0 Å². The van der Waals surface area contributed by atoms with E-state index in [1.54, 1.807) is 0 Å². The van der Waals surface area contributed by atoms with Crippen LogP contribution in [0.5, 0.6) is 0 Å². The van der Waals surface area contributed by atoms with Crippen LogP contribution < -0.4 is 0 Å². The molecule has 74 valence electrons. The molecule has 0 nitrogen and oxygen atoms in total. The van der Waals surface area contributed by atoms with E-state index < -0.39 is 0 Å². The van der Waals surface area contributed by atoms with Crippen molar-refractivity contribution in [1.29, 1.82) is 0 Å². The van der Waals surface area contributed by atoms with Gasteiger partial charge in [0, 0.05) is 0 Å². The molecule has 0 heteroatoms. The summed E-state index contributed by atoms with van der Waals surface area (Å²) < 4.78 is 0. The first kappa shape index (κ1) is 12.0. The van der Waals surface area contributed by atoms with Crippen LogP contribution in [-0.4, -0.2) is 0 Å². The zero-order chi connectivity index (χ0) is 8.65. The van der Waals surface area contributed by atoms with Crippen molar-refractivity contribution >= 4 is 0 Å². The van der Waals surface area contributed by atoms with E-state index in [1.165, 1.54) is 12.8 Å². The van der Waals surface area contributed by atoms with Gasteiger partial charge < -0.3 is 0 Å². The van der Waals surface area contributed by atoms with Crippen LogP contribution in [0.3, 0.4) is 0 Å². The molecule has 0 aromatic carbocycles. The molecule has 0 radical (unpaired) electrons. The maximum atomic E-state index is 2.42. The second-order valence-corrected chi connectivity index (χ2v) is 5.39. The van der Waals surface area contributed by atoms with Crippen LogP contribution in [0.15, 0.2) is 0 Å². The van der Waals surface area contributed by atoms with Crippen LogP contribution in [-0.2, 0) is 0 Å². The van der Waals surface area contributed by atoms with Crippen molar-refractivity contribution in [3.63, 3.8) is 0 Å². The molecule has 0 saturated heterocycles. The van der Waals surface area contributed by atoms with Crippen molar-refractivity contribution in [3.8, 4) is 0 Å². The summed E-state index contributed by atoms with van der Waals surface area (Å²) in [6.07, 6.45) is 2.90. The van der Waals surface area contributed by atoms with Crippen LogP contribution in [0.2, 0.25) is 0 Å². The standard InChI is InChI=1S/C11H22.CH4/c1-8-6-7-10(9(8)2)11(3,4)5;/h8-10H,6-7H2,1-5H3;1H4. The molecule has 0 heterocycles. The maximum Gasteiger partial charge on any atom is -0.0337 e. The first-order chi connectivity index (χ1) is 4.93. The first-order valence-corrected chi connectivity index (χ1v) is 4.93. The van der Waals surface area contributed by atoms with Gasteiger partial charge in [-0.3, -0.25) is 0 Å². The van der Waals surface area contributed by atoms with Gasteiger partial charge in [-0.05, 0) is 29.6 Å². The van der Waals surface area contributed by atoms with E-state index >= 15 is 0 Å². The summed E-state index contributed by atoms with van der Waals surface area (Å²) >= 11 is 0. The van der Waals surface area contributed by atoms with Gasteiger partial charge in [0.15, 0.2) is 0 Å². The molecule has 1 fully saturated rings. The Labute approximate surface area is 78.8 Å². The predicted octanol–water partition coefficient (Wildman–Crippen LogP) is 4.35. The molecular formula is C12H26. The van der Waals surface area contributed by atoms with Crippen molar-refractivity contribution in [2.45, 2.75) is 54.9 Å². The average molecular weight is 170 g/mol. The molecule has 1 rings (SSSR count). The Kier molecular flexibility index (Phi) is 3.81. The first-order valence-electron chi connectivity index (χ1n) is 4.93. The summed E-state index contributed by atoms with van der Waals surface area (Å²) in [5, 5.41) is 0. The molecule has 0 aliphatic heterocycles. The normalized spacial score (nSPS) is 36.2. The lowest BCUT2D eigenvalue weighted by atomic mass is 9.74. The summed E-state index contributed by atoms with van der Waals surface area (Å²) in [6.45, 7) is 12.0. The largest absolute Gasteiger partial charge is 0.0776 e. The molecule has 0 aromatic heterocycles. The molecule has 12 heavy (non-hydrogen) atoms. The lowest BCUT2D eigenvalue weighted by molar-refractivity contribution is 0.181. The van der Waals surface area contributed by atoms with Crippen molar-refractivity contribution < 1.29 is 0 Å². The summed E-state index contributed by atoms with van der Waals surface area (Å²) in [7, 11) is 0. The van der Waals surface area contributed by atoms with Gasteiger partial charge in [0.25, 0.3) is 0 Å². The van der Waals surface area contributed by atoms with Crippen LogP contribution in [0.25, 0.3) is 0 Å². The lowest BCUT2D eigenvalue weighted by Crippen LogP contribution is -2.23. The minimum absolute atomic E-state index is 0. The molecule has 0 amide bonds. The fourth-order valence-corrected chi connectivity index (χ4v) is 2.59. The SMILES string of the molecule is C.CC1CCC(C(C)(C)C)C1C. The Morgan fingerprint density at radius 1 is 1.00 bits per heavy atom. The molecule has 1 aliphatic rings. The molecule has 1 saturated carbocycles. The van der Waals surface area contributed by atoms with Gasteiger partial charge in [0.2, 0.25) is 0 Å². The molecule has 0 aromatic rings. The van der Waals surface area contributed by atoms with Crippen LogP contribution >= 0.6 is 0 Å². The van der Waals surface area contributed by atoms with Crippen LogP contribution in [0.1, 0.15) is 54.9 Å². The Bertz CT molecular complexity index is 129. The highest BCUT2D eigenvalue weighted by Crippen LogP contribution is 2.45. The summed E-state index contributed by atoms with van der Waals surface area (Å²) in [4.78, 5) is 0. The molecular weight excluding hydrogens is 144 g/mol. The topological polar surface area (TPSA) is 0 Å². The highest BCUT2D eigenvalue weighted by atomic mass is 14.4. The third-order valence-electron chi connectivity index (χ3n) is 3.58. The smallest absolute Gasteiger partial charge is 0.0337 e. The number of hydrogen-bond acceptors (Lipinski definition) is 0. The van der Waals surface area contributed by atoms with E-state index in [9.17, 15) is 0 Å². The lowest BCUT2D eigenvalue weighted by Gasteiger charge is -2.31.